The van der Waals surface area contributed by atoms with Crippen molar-refractivity contribution in [2.45, 2.75) is 31.3 Å². The van der Waals surface area contributed by atoms with Crippen molar-refractivity contribution in [1.82, 2.24) is 9.80 Å². The fourth-order valence-electron chi connectivity index (χ4n) is 4.36. The van der Waals surface area contributed by atoms with Gasteiger partial charge in [-0.3, -0.25) is 29.4 Å². The number of imide groups is 1. The van der Waals surface area contributed by atoms with Crippen LogP contribution in [0.25, 0.3) is 0 Å². The number of benzene rings is 2. The van der Waals surface area contributed by atoms with E-state index in [-0.39, 0.29) is 23.2 Å². The van der Waals surface area contributed by atoms with Gasteiger partial charge in [0.2, 0.25) is 5.91 Å². The zero-order chi connectivity index (χ0) is 23.7. The molecular weight excluding hydrogens is 430 g/mol. The van der Waals surface area contributed by atoms with Gasteiger partial charge < -0.3 is 9.64 Å². The summed E-state index contributed by atoms with van der Waals surface area (Å²) in [5.41, 5.74) is 0.821. The Hall–Kier alpha value is -4.08. The van der Waals surface area contributed by atoms with Crippen molar-refractivity contribution < 1.29 is 28.8 Å². The Labute approximate surface area is 188 Å². The largest absolute Gasteiger partial charge is 0.467 e. The quantitative estimate of drug-likeness (QED) is 0.284. The minimum atomic E-state index is -1.22. The van der Waals surface area contributed by atoms with E-state index in [0.29, 0.717) is 24.9 Å². The van der Waals surface area contributed by atoms with Crippen LogP contribution in [0.4, 0.5) is 5.69 Å². The number of carbonyl (C=O) groups excluding carboxylic acids is 4. The summed E-state index contributed by atoms with van der Waals surface area (Å²) in [6.07, 6.45) is 0.954. The number of fused-ring (bicyclic) bond motifs is 1. The Morgan fingerprint density at radius 1 is 1.09 bits per heavy atom. The van der Waals surface area contributed by atoms with Crippen molar-refractivity contribution in [3.63, 3.8) is 0 Å². The number of nitrogens with zero attached hydrogens (tertiary/aromatic N) is 3. The predicted molar refractivity (Wildman–Crippen MR) is 114 cm³/mol. The highest BCUT2D eigenvalue weighted by molar-refractivity contribution is 6.23. The van der Waals surface area contributed by atoms with Crippen LogP contribution in [-0.4, -0.2) is 64.2 Å². The first kappa shape index (κ1) is 22.1. The molecule has 2 unspecified atom stereocenters. The summed E-state index contributed by atoms with van der Waals surface area (Å²) in [4.78, 5) is 64.8. The smallest absolute Gasteiger partial charge is 0.328 e. The Kier molecular flexibility index (Phi) is 5.91. The molecule has 1 saturated heterocycles. The maximum atomic E-state index is 13.6. The zero-order valence-electron chi connectivity index (χ0n) is 17.8. The van der Waals surface area contributed by atoms with E-state index in [1.54, 1.807) is 12.1 Å². The van der Waals surface area contributed by atoms with E-state index in [1.165, 1.54) is 48.4 Å². The molecular formula is C23H21N3O7. The van der Waals surface area contributed by atoms with E-state index in [0.717, 1.165) is 4.90 Å². The lowest BCUT2D eigenvalue weighted by molar-refractivity contribution is -0.384. The van der Waals surface area contributed by atoms with E-state index < -0.39 is 40.7 Å². The fraction of sp³-hybridized carbons (Fsp3) is 0.304. The number of nitro benzene ring substituents is 1. The first-order chi connectivity index (χ1) is 15.8. The third-order valence-corrected chi connectivity index (χ3v) is 6.01. The second kappa shape index (κ2) is 8.81. The van der Waals surface area contributed by atoms with E-state index >= 15 is 0 Å². The standard InChI is InChI=1S/C23H21N3O7/c1-33-23(30)18-7-4-12-24(18)22(29)19(13-14-8-10-15(11-9-14)26(31)32)25-20(27)16-5-2-3-6-17(16)21(25)28/h2-3,5-6,8-11,18-19H,4,7,12-13H2,1H3. The van der Waals surface area contributed by atoms with Crippen molar-refractivity contribution in [2.24, 2.45) is 0 Å². The molecule has 33 heavy (non-hydrogen) atoms. The molecule has 4 rings (SSSR count). The number of amides is 3. The van der Waals surface area contributed by atoms with Crippen molar-refractivity contribution in [3.05, 3.63) is 75.3 Å². The van der Waals surface area contributed by atoms with Crippen LogP contribution in [0.5, 0.6) is 0 Å². The fourth-order valence-corrected chi connectivity index (χ4v) is 4.36. The number of hydrogen-bond donors (Lipinski definition) is 0. The lowest BCUT2D eigenvalue weighted by Crippen LogP contribution is -2.54. The van der Waals surface area contributed by atoms with Gasteiger partial charge >= 0.3 is 5.97 Å². The van der Waals surface area contributed by atoms with E-state index in [2.05, 4.69) is 0 Å². The average molecular weight is 451 g/mol. The first-order valence-corrected chi connectivity index (χ1v) is 10.4. The SMILES string of the molecule is COC(=O)C1CCCN1C(=O)C(Cc1ccc([N+](=O)[O-])cc1)N1C(=O)c2ccccc2C1=O. The van der Waals surface area contributed by atoms with Crippen LogP contribution in [0.1, 0.15) is 39.1 Å². The molecule has 1 fully saturated rings. The van der Waals surface area contributed by atoms with Gasteiger partial charge in [0.15, 0.2) is 0 Å². The van der Waals surface area contributed by atoms with Crippen molar-refractivity contribution in [2.75, 3.05) is 13.7 Å². The van der Waals surface area contributed by atoms with Crippen molar-refractivity contribution in [3.8, 4) is 0 Å². The lowest BCUT2D eigenvalue weighted by atomic mass is 10.0. The summed E-state index contributed by atoms with van der Waals surface area (Å²) in [5, 5.41) is 11.0. The molecule has 170 valence electrons. The van der Waals surface area contributed by atoms with Gasteiger partial charge in [-0.2, -0.15) is 0 Å². The maximum absolute atomic E-state index is 13.6. The van der Waals surface area contributed by atoms with E-state index in [9.17, 15) is 29.3 Å². The zero-order valence-corrected chi connectivity index (χ0v) is 17.8. The molecule has 2 aromatic rings. The normalized spacial score (nSPS) is 18.3. The highest BCUT2D eigenvalue weighted by atomic mass is 16.6. The topological polar surface area (TPSA) is 127 Å². The molecule has 2 atom stereocenters. The number of likely N-dealkylation sites (tertiary alicyclic amines) is 1. The number of methoxy groups -OCH3 is 1. The highest BCUT2D eigenvalue weighted by Crippen LogP contribution is 2.29. The summed E-state index contributed by atoms with van der Waals surface area (Å²) in [6, 6.07) is 9.87. The number of nitro groups is 1. The molecule has 0 N–H and O–H groups in total. The molecule has 0 aliphatic carbocycles. The summed E-state index contributed by atoms with van der Waals surface area (Å²) < 4.78 is 4.82. The number of non-ortho nitro benzene ring substituents is 1. The number of hydrogen-bond acceptors (Lipinski definition) is 7. The Morgan fingerprint density at radius 3 is 2.24 bits per heavy atom. The number of rotatable bonds is 6. The van der Waals surface area contributed by atoms with Gasteiger partial charge in [0.05, 0.1) is 23.2 Å². The Morgan fingerprint density at radius 2 is 1.70 bits per heavy atom. The highest BCUT2D eigenvalue weighted by Gasteiger charge is 2.46. The van der Waals surface area contributed by atoms with Gasteiger partial charge in [0.25, 0.3) is 17.5 Å². The van der Waals surface area contributed by atoms with E-state index in [4.69, 9.17) is 4.74 Å². The van der Waals surface area contributed by atoms with Crippen LogP contribution >= 0.6 is 0 Å². The third-order valence-electron chi connectivity index (χ3n) is 6.01. The molecule has 2 aliphatic rings. The van der Waals surface area contributed by atoms with Crippen LogP contribution < -0.4 is 0 Å². The van der Waals surface area contributed by atoms with Gasteiger partial charge in [-0.15, -0.1) is 0 Å². The van der Waals surface area contributed by atoms with Crippen LogP contribution in [0.3, 0.4) is 0 Å². The third kappa shape index (κ3) is 3.95. The van der Waals surface area contributed by atoms with Crippen LogP contribution in [-0.2, 0) is 20.7 Å². The van der Waals surface area contributed by atoms with Gasteiger partial charge in [0.1, 0.15) is 12.1 Å². The van der Waals surface area contributed by atoms with Crippen LogP contribution in [0.2, 0.25) is 0 Å². The second-order valence-corrected chi connectivity index (χ2v) is 7.88. The lowest BCUT2D eigenvalue weighted by Gasteiger charge is -2.31. The van der Waals surface area contributed by atoms with Crippen LogP contribution in [0.15, 0.2) is 48.5 Å². The molecule has 0 bridgehead atoms. The molecule has 0 spiro atoms. The molecule has 3 amide bonds. The van der Waals surface area contributed by atoms with Gasteiger partial charge in [-0.05, 0) is 30.5 Å². The number of ether oxygens (including phenoxy) is 1. The predicted octanol–water partition coefficient (Wildman–Crippen LogP) is 1.97. The first-order valence-electron chi connectivity index (χ1n) is 10.4. The van der Waals surface area contributed by atoms with Gasteiger partial charge in [-0.25, -0.2) is 4.79 Å². The second-order valence-electron chi connectivity index (χ2n) is 7.88. The summed E-state index contributed by atoms with van der Waals surface area (Å²) in [7, 11) is 1.24. The summed E-state index contributed by atoms with van der Waals surface area (Å²) >= 11 is 0. The van der Waals surface area contributed by atoms with Gasteiger partial charge in [0, 0.05) is 25.1 Å². The molecule has 2 heterocycles. The maximum Gasteiger partial charge on any atom is 0.328 e. The molecule has 10 nitrogen and oxygen atoms in total. The summed E-state index contributed by atoms with van der Waals surface area (Å²) in [5.74, 6) is -2.29. The Bertz CT molecular complexity index is 1110. The van der Waals surface area contributed by atoms with Crippen LogP contribution in [0, 0.1) is 10.1 Å². The Balaban J connectivity index is 1.70. The molecule has 0 aromatic heterocycles. The van der Waals surface area contributed by atoms with Crippen molar-refractivity contribution >= 4 is 29.4 Å². The van der Waals surface area contributed by atoms with Gasteiger partial charge in [-0.1, -0.05) is 24.3 Å². The molecule has 2 aliphatic heterocycles. The van der Waals surface area contributed by atoms with Crippen molar-refractivity contribution in [1.29, 1.82) is 0 Å². The monoisotopic (exact) mass is 451 g/mol. The summed E-state index contributed by atoms with van der Waals surface area (Å²) in [6.45, 7) is 0.290. The number of carbonyl (C=O) groups is 4. The average Bonchev–Trinajstić information content (AvgIpc) is 3.41. The minimum Gasteiger partial charge on any atom is -0.467 e. The molecule has 0 saturated carbocycles. The minimum absolute atomic E-state index is 0.0489. The molecule has 10 heteroatoms. The molecule has 0 radical (unpaired) electrons. The molecule has 2 aromatic carbocycles. The van der Waals surface area contributed by atoms with E-state index in [1.807, 2.05) is 0 Å². The number of esters is 1.